The maximum absolute atomic E-state index is 11.1. The molecular weight excluding hydrogens is 202 g/mol. The van der Waals surface area contributed by atoms with Crippen LogP contribution in [0.15, 0.2) is 0 Å². The summed E-state index contributed by atoms with van der Waals surface area (Å²) in [6, 6.07) is -1.98. The molecule has 15 heavy (non-hydrogen) atoms. The van der Waals surface area contributed by atoms with E-state index in [1.165, 1.54) is 0 Å². The van der Waals surface area contributed by atoms with Crippen LogP contribution in [0.1, 0.15) is 12.8 Å². The molecule has 88 valence electrons. The van der Waals surface area contributed by atoms with E-state index in [1.807, 2.05) is 0 Å². The molecule has 7 N–H and O–H groups in total. The molecular formula is C8H17N3O4. The maximum atomic E-state index is 11.1. The van der Waals surface area contributed by atoms with Crippen molar-refractivity contribution in [2.75, 3.05) is 13.2 Å². The molecule has 0 radical (unpaired) electrons. The number of nitrogens with two attached hydrogens (primary N) is 3. The first-order chi connectivity index (χ1) is 6.99. The standard InChI is InChI=1S/C8H17N3O4/c9-3-1-2-5(10)8(14)15-4-6(11)7(12)13/h5-6H,1-4,9-11H2,(H,12,13)/t5-,6+/m1/s1. The third-order valence-corrected chi connectivity index (χ3v) is 1.74. The average molecular weight is 219 g/mol. The van der Waals surface area contributed by atoms with Gasteiger partial charge in [0.1, 0.15) is 18.7 Å². The van der Waals surface area contributed by atoms with Gasteiger partial charge in [0.15, 0.2) is 0 Å². The zero-order chi connectivity index (χ0) is 11.8. The second-order valence-corrected chi connectivity index (χ2v) is 3.11. The number of rotatable bonds is 7. The first kappa shape index (κ1) is 13.8. The van der Waals surface area contributed by atoms with Crippen molar-refractivity contribution in [2.45, 2.75) is 24.9 Å². The third-order valence-electron chi connectivity index (χ3n) is 1.74. The van der Waals surface area contributed by atoms with Crippen molar-refractivity contribution < 1.29 is 19.4 Å². The van der Waals surface area contributed by atoms with Crippen molar-refractivity contribution >= 4 is 11.9 Å². The first-order valence-corrected chi connectivity index (χ1v) is 4.59. The van der Waals surface area contributed by atoms with E-state index in [-0.39, 0.29) is 6.61 Å². The molecule has 7 nitrogen and oxygen atoms in total. The Labute approximate surface area is 87.5 Å². The summed E-state index contributed by atoms with van der Waals surface area (Å²) in [7, 11) is 0. The minimum absolute atomic E-state index is 0.371. The van der Waals surface area contributed by atoms with Crippen molar-refractivity contribution in [1.29, 1.82) is 0 Å². The van der Waals surface area contributed by atoms with Gasteiger partial charge in [0.2, 0.25) is 0 Å². The predicted molar refractivity (Wildman–Crippen MR) is 52.8 cm³/mol. The number of ether oxygens (including phenoxy) is 1. The normalized spacial score (nSPS) is 14.3. The van der Waals surface area contributed by atoms with Gasteiger partial charge in [-0.1, -0.05) is 0 Å². The van der Waals surface area contributed by atoms with Crippen LogP contribution in [0, 0.1) is 0 Å². The minimum atomic E-state index is -1.22. The number of esters is 1. The molecule has 0 rings (SSSR count). The lowest BCUT2D eigenvalue weighted by Crippen LogP contribution is -2.39. The zero-order valence-corrected chi connectivity index (χ0v) is 8.39. The Hall–Kier alpha value is -1.18. The van der Waals surface area contributed by atoms with Crippen LogP contribution in [0.25, 0.3) is 0 Å². The summed E-state index contributed by atoms with van der Waals surface area (Å²) in [4.78, 5) is 21.4. The van der Waals surface area contributed by atoms with Crippen molar-refractivity contribution in [2.24, 2.45) is 17.2 Å². The monoisotopic (exact) mass is 219 g/mol. The van der Waals surface area contributed by atoms with Gasteiger partial charge in [-0.15, -0.1) is 0 Å². The predicted octanol–water partition coefficient (Wildman–Crippen LogP) is -1.99. The SMILES string of the molecule is NCCC[C@@H](N)C(=O)OC[C@H](N)C(=O)O. The number of carbonyl (C=O) groups excluding carboxylic acids is 1. The summed E-state index contributed by atoms with van der Waals surface area (Å²) in [5, 5.41) is 8.41. The van der Waals surface area contributed by atoms with E-state index < -0.39 is 24.0 Å². The molecule has 0 aromatic rings. The van der Waals surface area contributed by atoms with Crippen molar-refractivity contribution in [3.05, 3.63) is 0 Å². The van der Waals surface area contributed by atoms with Crippen LogP contribution in [0.3, 0.4) is 0 Å². The van der Waals surface area contributed by atoms with Crippen LogP contribution in [0.2, 0.25) is 0 Å². The maximum Gasteiger partial charge on any atom is 0.324 e. The summed E-state index contributed by atoms with van der Waals surface area (Å²) < 4.78 is 4.61. The Morgan fingerprint density at radius 2 is 1.87 bits per heavy atom. The van der Waals surface area contributed by atoms with Crippen LogP contribution < -0.4 is 17.2 Å². The second-order valence-electron chi connectivity index (χ2n) is 3.11. The number of carboxylic acid groups (broad SMARTS) is 1. The average Bonchev–Trinajstić information content (AvgIpc) is 2.21. The fourth-order valence-corrected chi connectivity index (χ4v) is 0.806. The fourth-order valence-electron chi connectivity index (χ4n) is 0.806. The van der Waals surface area contributed by atoms with Gasteiger partial charge in [-0.25, -0.2) is 0 Å². The molecule has 2 atom stereocenters. The molecule has 0 saturated carbocycles. The van der Waals surface area contributed by atoms with Crippen molar-refractivity contribution in [3.8, 4) is 0 Å². The van der Waals surface area contributed by atoms with E-state index in [0.29, 0.717) is 19.4 Å². The molecule has 0 bridgehead atoms. The molecule has 0 aromatic carbocycles. The molecule has 7 heteroatoms. The molecule has 0 saturated heterocycles. The van der Waals surface area contributed by atoms with E-state index >= 15 is 0 Å². The molecule has 0 aromatic heterocycles. The van der Waals surface area contributed by atoms with Crippen LogP contribution >= 0.6 is 0 Å². The van der Waals surface area contributed by atoms with E-state index in [0.717, 1.165) is 0 Å². The van der Waals surface area contributed by atoms with Crippen LogP contribution in [-0.4, -0.2) is 42.3 Å². The minimum Gasteiger partial charge on any atom is -0.480 e. The highest BCUT2D eigenvalue weighted by Gasteiger charge is 2.18. The van der Waals surface area contributed by atoms with Gasteiger partial charge in [-0.05, 0) is 19.4 Å². The molecule has 0 fully saturated rings. The summed E-state index contributed by atoms with van der Waals surface area (Å²) >= 11 is 0. The van der Waals surface area contributed by atoms with Gasteiger partial charge in [-0.3, -0.25) is 9.59 Å². The number of carbonyl (C=O) groups is 2. The number of aliphatic carboxylic acids is 1. The largest absolute Gasteiger partial charge is 0.480 e. The van der Waals surface area contributed by atoms with Crippen molar-refractivity contribution in [1.82, 2.24) is 0 Å². The van der Waals surface area contributed by atoms with Gasteiger partial charge >= 0.3 is 11.9 Å². The van der Waals surface area contributed by atoms with Gasteiger partial charge in [0, 0.05) is 0 Å². The van der Waals surface area contributed by atoms with E-state index in [9.17, 15) is 9.59 Å². The summed E-state index contributed by atoms with van der Waals surface area (Å²) in [6.45, 7) is 0.0696. The lowest BCUT2D eigenvalue weighted by Gasteiger charge is -2.12. The highest BCUT2D eigenvalue weighted by Crippen LogP contribution is 1.96. The number of hydrogen-bond donors (Lipinski definition) is 4. The molecule has 0 aliphatic carbocycles. The Bertz CT molecular complexity index is 222. The Morgan fingerprint density at radius 3 is 2.33 bits per heavy atom. The first-order valence-electron chi connectivity index (χ1n) is 4.59. The summed E-state index contributed by atoms with van der Waals surface area (Å²) in [6.07, 6.45) is 1.03. The van der Waals surface area contributed by atoms with Gasteiger partial charge < -0.3 is 27.0 Å². The molecule has 0 unspecified atom stereocenters. The van der Waals surface area contributed by atoms with Gasteiger partial charge in [0.05, 0.1) is 0 Å². The topological polar surface area (TPSA) is 142 Å². The van der Waals surface area contributed by atoms with Crippen LogP contribution in [0.4, 0.5) is 0 Å². The molecule has 0 aliphatic heterocycles. The third kappa shape index (κ3) is 6.00. The quantitative estimate of drug-likeness (QED) is 0.363. The van der Waals surface area contributed by atoms with Crippen LogP contribution in [-0.2, 0) is 14.3 Å². The molecule has 0 amide bonds. The smallest absolute Gasteiger partial charge is 0.324 e. The molecule has 0 aliphatic rings. The fraction of sp³-hybridized carbons (Fsp3) is 0.750. The Balaban J connectivity index is 3.77. The van der Waals surface area contributed by atoms with E-state index in [4.69, 9.17) is 22.3 Å². The molecule has 0 heterocycles. The lowest BCUT2D eigenvalue weighted by molar-refractivity contribution is -0.149. The van der Waals surface area contributed by atoms with E-state index in [2.05, 4.69) is 4.74 Å². The summed E-state index contributed by atoms with van der Waals surface area (Å²) in [5.41, 5.74) is 15.8. The van der Waals surface area contributed by atoms with Gasteiger partial charge in [0.25, 0.3) is 0 Å². The molecule has 0 spiro atoms. The summed E-state index contributed by atoms with van der Waals surface area (Å²) in [5.74, 6) is -1.88. The van der Waals surface area contributed by atoms with Crippen molar-refractivity contribution in [3.63, 3.8) is 0 Å². The number of carboxylic acids is 1. The Kier molecular flexibility index (Phi) is 6.59. The van der Waals surface area contributed by atoms with Crippen LogP contribution in [0.5, 0.6) is 0 Å². The second kappa shape index (κ2) is 7.16. The van der Waals surface area contributed by atoms with Gasteiger partial charge in [-0.2, -0.15) is 0 Å². The lowest BCUT2D eigenvalue weighted by atomic mass is 10.2. The zero-order valence-electron chi connectivity index (χ0n) is 8.39. The highest BCUT2D eigenvalue weighted by molar-refractivity contribution is 5.77. The Morgan fingerprint density at radius 1 is 1.27 bits per heavy atom. The van der Waals surface area contributed by atoms with E-state index in [1.54, 1.807) is 0 Å². The number of hydrogen-bond acceptors (Lipinski definition) is 6. The highest BCUT2D eigenvalue weighted by atomic mass is 16.5.